The van der Waals surface area contributed by atoms with Crippen LogP contribution in [0.4, 0.5) is 0 Å². The van der Waals surface area contributed by atoms with E-state index in [2.05, 4.69) is 30.8 Å². The standard InChI is InChI=1S/C23H33NO6/c1-21(2,10-5-6-12-29-24(27)28)17-7-8-18-19-13-16(15-25)9-11-23(19,26)22(3,4)30-20(18)14-17/h7-8,13-14,19,25-26H,5-6,9-12,15H2,1-4H3/t19-,23-/m0/s1. The zero-order valence-corrected chi connectivity index (χ0v) is 18.3. The van der Waals surface area contributed by atoms with Gasteiger partial charge in [-0.15, -0.1) is 10.1 Å². The van der Waals surface area contributed by atoms with Crippen LogP contribution in [0.25, 0.3) is 0 Å². The van der Waals surface area contributed by atoms with E-state index in [4.69, 9.17) is 4.74 Å². The molecule has 1 aliphatic carbocycles. The highest BCUT2D eigenvalue weighted by atomic mass is 16.9. The molecule has 7 heteroatoms. The molecule has 0 radical (unpaired) electrons. The molecule has 2 N–H and O–H groups in total. The van der Waals surface area contributed by atoms with Crippen molar-refractivity contribution in [1.29, 1.82) is 0 Å². The molecule has 0 saturated heterocycles. The second-order valence-corrected chi connectivity index (χ2v) is 9.65. The van der Waals surface area contributed by atoms with Crippen molar-refractivity contribution in [1.82, 2.24) is 0 Å². The highest BCUT2D eigenvalue weighted by molar-refractivity contribution is 5.49. The van der Waals surface area contributed by atoms with Crippen molar-refractivity contribution < 1.29 is 24.9 Å². The second kappa shape index (κ2) is 8.19. The number of aliphatic hydroxyl groups is 2. The quantitative estimate of drug-likeness (QED) is 0.285. The number of fused-ring (bicyclic) bond motifs is 3. The molecular weight excluding hydrogens is 386 g/mol. The Morgan fingerprint density at radius 2 is 2.07 bits per heavy atom. The van der Waals surface area contributed by atoms with Gasteiger partial charge < -0.3 is 19.8 Å². The number of rotatable bonds is 8. The average molecular weight is 420 g/mol. The van der Waals surface area contributed by atoms with Crippen LogP contribution in [0.15, 0.2) is 29.8 Å². The summed E-state index contributed by atoms with van der Waals surface area (Å²) in [6.45, 7) is 8.27. The van der Waals surface area contributed by atoms with Gasteiger partial charge in [-0.05, 0) is 62.1 Å². The van der Waals surface area contributed by atoms with E-state index in [1.54, 1.807) is 0 Å². The van der Waals surface area contributed by atoms with Gasteiger partial charge >= 0.3 is 0 Å². The van der Waals surface area contributed by atoms with Crippen molar-refractivity contribution in [3.05, 3.63) is 51.1 Å². The van der Waals surface area contributed by atoms with Gasteiger partial charge in [0.2, 0.25) is 0 Å². The Hall–Kier alpha value is -2.12. The van der Waals surface area contributed by atoms with Crippen molar-refractivity contribution in [3.63, 3.8) is 0 Å². The van der Waals surface area contributed by atoms with Crippen LogP contribution in [0.2, 0.25) is 0 Å². The first-order valence-electron chi connectivity index (χ1n) is 10.6. The molecular formula is C23H33NO6. The third-order valence-electron chi connectivity index (χ3n) is 6.88. The Labute approximate surface area is 177 Å². The molecule has 7 nitrogen and oxygen atoms in total. The van der Waals surface area contributed by atoms with Gasteiger partial charge in [-0.1, -0.05) is 38.5 Å². The molecule has 1 aliphatic heterocycles. The molecule has 0 unspecified atom stereocenters. The Kier molecular flexibility index (Phi) is 6.16. The lowest BCUT2D eigenvalue weighted by molar-refractivity contribution is -0.757. The number of nitrogens with zero attached hydrogens (tertiary/aromatic N) is 1. The molecule has 1 aromatic carbocycles. The maximum atomic E-state index is 11.5. The summed E-state index contributed by atoms with van der Waals surface area (Å²) in [5, 5.41) is 30.6. The summed E-state index contributed by atoms with van der Waals surface area (Å²) in [5.41, 5.74) is 1.11. The van der Waals surface area contributed by atoms with Crippen LogP contribution in [-0.4, -0.2) is 39.7 Å². The highest BCUT2D eigenvalue weighted by Crippen LogP contribution is 2.53. The lowest BCUT2D eigenvalue weighted by Crippen LogP contribution is -2.60. The summed E-state index contributed by atoms with van der Waals surface area (Å²) in [6.07, 6.45) is 5.52. The SMILES string of the molecule is CC(C)(CCCCO[N+](=O)[O-])c1ccc2c(c1)OC(C)(C)[C@]1(O)CCC(CO)=C[C@@H]21. The van der Waals surface area contributed by atoms with E-state index in [-0.39, 0.29) is 24.5 Å². The summed E-state index contributed by atoms with van der Waals surface area (Å²) in [7, 11) is 0. The van der Waals surface area contributed by atoms with E-state index in [9.17, 15) is 20.3 Å². The summed E-state index contributed by atoms with van der Waals surface area (Å²) >= 11 is 0. The first-order valence-corrected chi connectivity index (χ1v) is 10.6. The molecule has 0 bridgehead atoms. The zero-order valence-electron chi connectivity index (χ0n) is 18.3. The van der Waals surface area contributed by atoms with Gasteiger partial charge in [0.1, 0.15) is 17.0 Å². The second-order valence-electron chi connectivity index (χ2n) is 9.65. The first kappa shape index (κ1) is 22.6. The summed E-state index contributed by atoms with van der Waals surface area (Å²) < 4.78 is 6.33. The first-order chi connectivity index (χ1) is 14.0. The van der Waals surface area contributed by atoms with Crippen molar-refractivity contribution >= 4 is 0 Å². The van der Waals surface area contributed by atoms with Gasteiger partial charge in [-0.25, -0.2) is 0 Å². The molecule has 2 atom stereocenters. The lowest BCUT2D eigenvalue weighted by atomic mass is 9.64. The van der Waals surface area contributed by atoms with Crippen LogP contribution < -0.4 is 4.74 Å². The molecule has 2 aliphatic rings. The van der Waals surface area contributed by atoms with Gasteiger partial charge in [-0.3, -0.25) is 0 Å². The molecule has 0 amide bonds. The van der Waals surface area contributed by atoms with Crippen molar-refractivity contribution in [3.8, 4) is 5.75 Å². The van der Waals surface area contributed by atoms with Gasteiger partial charge in [0.15, 0.2) is 0 Å². The minimum Gasteiger partial charge on any atom is -0.485 e. The van der Waals surface area contributed by atoms with Crippen LogP contribution >= 0.6 is 0 Å². The van der Waals surface area contributed by atoms with Crippen LogP contribution in [0.5, 0.6) is 5.75 Å². The molecule has 0 aromatic heterocycles. The van der Waals surface area contributed by atoms with E-state index in [1.807, 2.05) is 26.0 Å². The van der Waals surface area contributed by atoms with E-state index in [0.717, 1.165) is 35.3 Å². The van der Waals surface area contributed by atoms with E-state index in [0.29, 0.717) is 19.3 Å². The van der Waals surface area contributed by atoms with E-state index in [1.165, 1.54) is 0 Å². The van der Waals surface area contributed by atoms with Gasteiger partial charge in [0, 0.05) is 11.5 Å². The van der Waals surface area contributed by atoms with E-state index < -0.39 is 16.3 Å². The number of benzene rings is 1. The summed E-state index contributed by atoms with van der Waals surface area (Å²) in [4.78, 5) is 14.7. The van der Waals surface area contributed by atoms with Crippen LogP contribution in [-0.2, 0) is 10.3 Å². The number of aliphatic hydroxyl groups excluding tert-OH is 1. The number of unbranched alkanes of at least 4 members (excludes halogenated alkanes) is 1. The van der Waals surface area contributed by atoms with Gasteiger partial charge in [-0.2, -0.15) is 0 Å². The maximum Gasteiger partial charge on any atom is 0.294 e. The number of hydrogen-bond acceptors (Lipinski definition) is 6. The molecule has 0 spiro atoms. The minimum atomic E-state index is -1.02. The monoisotopic (exact) mass is 419 g/mol. The number of hydrogen-bond donors (Lipinski definition) is 2. The Balaban J connectivity index is 1.84. The Bertz CT molecular complexity index is 831. The highest BCUT2D eigenvalue weighted by Gasteiger charge is 2.55. The van der Waals surface area contributed by atoms with Gasteiger partial charge in [0.05, 0.1) is 13.2 Å². The fraction of sp³-hybridized carbons (Fsp3) is 0.652. The fourth-order valence-corrected chi connectivity index (χ4v) is 4.73. The molecule has 1 heterocycles. The van der Waals surface area contributed by atoms with Crippen molar-refractivity contribution in [2.45, 2.75) is 82.3 Å². The third-order valence-corrected chi connectivity index (χ3v) is 6.88. The summed E-state index contributed by atoms with van der Waals surface area (Å²) in [5.74, 6) is 0.552. The lowest BCUT2D eigenvalue weighted by Gasteiger charge is -2.53. The average Bonchev–Trinajstić information content (AvgIpc) is 2.67. The molecule has 0 saturated carbocycles. The minimum absolute atomic E-state index is 0.00841. The zero-order chi connectivity index (χ0) is 22.2. The normalized spacial score (nSPS) is 24.9. The van der Waals surface area contributed by atoms with Crippen molar-refractivity contribution in [2.75, 3.05) is 13.2 Å². The predicted octanol–water partition coefficient (Wildman–Crippen LogP) is 4.04. The summed E-state index contributed by atoms with van der Waals surface area (Å²) in [6, 6.07) is 6.17. The van der Waals surface area contributed by atoms with Crippen LogP contribution in [0.3, 0.4) is 0 Å². The maximum absolute atomic E-state index is 11.5. The molecule has 166 valence electrons. The topological polar surface area (TPSA) is 102 Å². The predicted molar refractivity (Wildman–Crippen MR) is 113 cm³/mol. The Morgan fingerprint density at radius 1 is 1.33 bits per heavy atom. The van der Waals surface area contributed by atoms with Gasteiger partial charge in [0.25, 0.3) is 5.09 Å². The smallest absolute Gasteiger partial charge is 0.294 e. The molecule has 3 rings (SSSR count). The number of ether oxygens (including phenoxy) is 1. The molecule has 1 aromatic rings. The largest absolute Gasteiger partial charge is 0.485 e. The fourth-order valence-electron chi connectivity index (χ4n) is 4.73. The van der Waals surface area contributed by atoms with Crippen molar-refractivity contribution in [2.24, 2.45) is 0 Å². The van der Waals surface area contributed by atoms with E-state index >= 15 is 0 Å². The third kappa shape index (κ3) is 4.18. The Morgan fingerprint density at radius 3 is 2.73 bits per heavy atom. The van der Waals surface area contributed by atoms with Crippen LogP contribution in [0.1, 0.15) is 76.8 Å². The van der Waals surface area contributed by atoms with Crippen LogP contribution in [0, 0.1) is 10.1 Å². The molecule has 0 fully saturated rings. The molecule has 30 heavy (non-hydrogen) atoms.